The minimum absolute atomic E-state index is 0.00524. The largest absolute Gasteiger partial charge is 0.389 e. The predicted molar refractivity (Wildman–Crippen MR) is 130 cm³/mol. The van der Waals surface area contributed by atoms with Crippen LogP contribution in [0.3, 0.4) is 0 Å². The number of nitrogen functional groups attached to an aromatic ring is 1. The highest BCUT2D eigenvalue weighted by molar-refractivity contribution is 7.19. The van der Waals surface area contributed by atoms with Crippen LogP contribution in [0.25, 0.3) is 10.6 Å². The number of rotatable bonds is 6. The van der Waals surface area contributed by atoms with E-state index in [4.69, 9.17) is 16.2 Å². The van der Waals surface area contributed by atoms with E-state index in [2.05, 4.69) is 20.3 Å². The zero-order chi connectivity index (χ0) is 24.5. The van der Waals surface area contributed by atoms with Crippen molar-refractivity contribution >= 4 is 33.8 Å². The number of aromatic nitrogens is 3. The minimum atomic E-state index is -0.770. The lowest BCUT2D eigenvalue weighted by molar-refractivity contribution is -0.0406. The molecule has 0 radical (unpaired) electrons. The molecule has 2 aliphatic rings. The van der Waals surface area contributed by atoms with Gasteiger partial charge in [-0.1, -0.05) is 17.4 Å². The summed E-state index contributed by atoms with van der Waals surface area (Å²) in [6, 6.07) is 3.68. The number of hydrogen-bond donors (Lipinski definition) is 3. The maximum atomic E-state index is 14.2. The molecule has 35 heavy (non-hydrogen) atoms. The van der Waals surface area contributed by atoms with Crippen LogP contribution in [0.1, 0.15) is 29.8 Å². The molecule has 2 saturated heterocycles. The third-order valence-corrected chi connectivity index (χ3v) is 7.22. The van der Waals surface area contributed by atoms with E-state index in [-0.39, 0.29) is 27.3 Å². The predicted octanol–water partition coefficient (Wildman–Crippen LogP) is 3.08. The van der Waals surface area contributed by atoms with Gasteiger partial charge < -0.3 is 26.4 Å². The number of amides is 1. The summed E-state index contributed by atoms with van der Waals surface area (Å²) in [7, 11) is 0. The number of halogens is 2. The quantitative estimate of drug-likeness (QED) is 0.472. The second kappa shape index (κ2) is 9.88. The van der Waals surface area contributed by atoms with Crippen LogP contribution >= 0.6 is 11.3 Å². The number of nitrogens with two attached hydrogens (primary N) is 2. The van der Waals surface area contributed by atoms with Crippen molar-refractivity contribution in [3.05, 3.63) is 41.7 Å². The third kappa shape index (κ3) is 4.86. The molecule has 1 amide bonds. The van der Waals surface area contributed by atoms with E-state index < -0.39 is 17.5 Å². The van der Waals surface area contributed by atoms with Gasteiger partial charge in [0.15, 0.2) is 11.5 Å². The van der Waals surface area contributed by atoms with Crippen LogP contribution in [-0.4, -0.2) is 53.0 Å². The number of thiazole rings is 1. The molecule has 186 valence electrons. The fourth-order valence-corrected chi connectivity index (χ4v) is 5.27. The average molecular weight is 504 g/mol. The summed E-state index contributed by atoms with van der Waals surface area (Å²) in [5, 5.41) is 7.48. The summed E-state index contributed by atoms with van der Waals surface area (Å²) in [4.78, 5) is 19.5. The Labute approximate surface area is 205 Å². The summed E-state index contributed by atoms with van der Waals surface area (Å²) >= 11 is 0.861. The van der Waals surface area contributed by atoms with Gasteiger partial charge in [-0.05, 0) is 31.4 Å². The molecule has 1 atom stereocenters. The Morgan fingerprint density at radius 2 is 2.00 bits per heavy atom. The van der Waals surface area contributed by atoms with Crippen LogP contribution in [0.2, 0.25) is 0 Å². The van der Waals surface area contributed by atoms with Gasteiger partial charge in [-0.25, -0.2) is 18.4 Å². The first-order valence-corrected chi connectivity index (χ1v) is 12.4. The minimum Gasteiger partial charge on any atom is -0.389 e. The standard InChI is InChI=1S/C23H27F2N7O2S/c24-15-4-1-5-16(25)18(15)22-30-19(20(27)35-22)21(33)29-17-9-28-32(10-13-11-34-12-13)23(17)31-7-2-3-14(26)6-8-31/h1,4-5,9,13-14H,2-3,6-8,10-12,26-27H2,(H,29,33). The van der Waals surface area contributed by atoms with Gasteiger partial charge in [-0.15, -0.1) is 0 Å². The number of carbonyl (C=O) groups is 1. The Bertz CT molecular complexity index is 1210. The van der Waals surface area contributed by atoms with E-state index in [1.165, 1.54) is 6.07 Å². The number of benzene rings is 1. The first kappa shape index (κ1) is 23.6. The van der Waals surface area contributed by atoms with E-state index >= 15 is 0 Å². The Balaban J connectivity index is 1.43. The van der Waals surface area contributed by atoms with Gasteiger partial charge in [-0.2, -0.15) is 5.10 Å². The molecule has 0 bridgehead atoms. The maximum Gasteiger partial charge on any atom is 0.277 e. The SMILES string of the molecule is Nc1sc(-c2c(F)cccc2F)nc1C(=O)Nc1cnn(CC2COC2)c1N1CCCC(N)CC1. The molecule has 2 aromatic heterocycles. The van der Waals surface area contributed by atoms with Crippen molar-refractivity contribution < 1.29 is 18.3 Å². The molecular formula is C23H27F2N7O2S. The van der Waals surface area contributed by atoms with Crippen molar-refractivity contribution in [1.82, 2.24) is 14.8 Å². The van der Waals surface area contributed by atoms with Crippen LogP contribution in [0.4, 0.5) is 25.3 Å². The molecular weight excluding hydrogens is 476 g/mol. The molecule has 5 rings (SSSR count). The Morgan fingerprint density at radius 1 is 1.23 bits per heavy atom. The molecule has 0 saturated carbocycles. The molecule has 0 spiro atoms. The molecule has 1 aromatic carbocycles. The second-order valence-corrected chi connectivity index (χ2v) is 9.96. The van der Waals surface area contributed by atoms with Gasteiger partial charge in [-0.3, -0.25) is 4.79 Å². The van der Waals surface area contributed by atoms with Gasteiger partial charge >= 0.3 is 0 Å². The van der Waals surface area contributed by atoms with E-state index in [0.717, 1.165) is 61.6 Å². The Morgan fingerprint density at radius 3 is 2.71 bits per heavy atom. The van der Waals surface area contributed by atoms with Gasteiger partial charge in [0, 0.05) is 25.0 Å². The van der Waals surface area contributed by atoms with Crippen molar-refractivity contribution in [1.29, 1.82) is 0 Å². The number of ether oxygens (including phenoxy) is 1. The lowest BCUT2D eigenvalue weighted by Crippen LogP contribution is -2.34. The first-order valence-electron chi connectivity index (χ1n) is 11.6. The summed E-state index contributed by atoms with van der Waals surface area (Å²) in [5.41, 5.74) is 12.3. The van der Waals surface area contributed by atoms with Gasteiger partial charge in [0.2, 0.25) is 0 Å². The monoisotopic (exact) mass is 503 g/mol. The van der Waals surface area contributed by atoms with E-state index in [1.807, 2.05) is 4.68 Å². The molecule has 0 aliphatic carbocycles. The van der Waals surface area contributed by atoms with E-state index in [9.17, 15) is 13.6 Å². The smallest absolute Gasteiger partial charge is 0.277 e. The summed E-state index contributed by atoms with van der Waals surface area (Å²) < 4.78 is 35.7. The number of carbonyl (C=O) groups excluding carboxylic acids is 1. The van der Waals surface area contributed by atoms with Crippen molar-refractivity contribution in [2.45, 2.75) is 31.8 Å². The number of nitrogens with zero attached hydrogens (tertiary/aromatic N) is 4. The summed E-state index contributed by atoms with van der Waals surface area (Å²) in [6.07, 6.45) is 4.32. The molecule has 3 aromatic rings. The molecule has 5 N–H and O–H groups in total. The molecule has 2 aliphatic heterocycles. The molecule has 9 nitrogen and oxygen atoms in total. The van der Waals surface area contributed by atoms with Crippen LogP contribution in [-0.2, 0) is 11.3 Å². The highest BCUT2D eigenvalue weighted by atomic mass is 32.1. The lowest BCUT2D eigenvalue weighted by Gasteiger charge is -2.29. The van der Waals surface area contributed by atoms with Crippen LogP contribution in [0.15, 0.2) is 24.4 Å². The number of hydrogen-bond acceptors (Lipinski definition) is 8. The van der Waals surface area contributed by atoms with E-state index in [1.54, 1.807) is 6.20 Å². The lowest BCUT2D eigenvalue weighted by atomic mass is 10.1. The molecule has 2 fully saturated rings. The zero-order valence-corrected chi connectivity index (χ0v) is 19.9. The normalized spacial score (nSPS) is 18.8. The topological polar surface area (TPSA) is 124 Å². The maximum absolute atomic E-state index is 14.2. The van der Waals surface area contributed by atoms with Crippen molar-refractivity contribution in [3.63, 3.8) is 0 Å². The summed E-state index contributed by atoms with van der Waals surface area (Å²) in [6.45, 7) is 3.56. The molecule has 1 unspecified atom stereocenters. The van der Waals surface area contributed by atoms with E-state index in [0.29, 0.717) is 31.4 Å². The highest BCUT2D eigenvalue weighted by Gasteiger charge is 2.28. The van der Waals surface area contributed by atoms with Crippen LogP contribution in [0, 0.1) is 17.6 Å². The second-order valence-electron chi connectivity index (χ2n) is 8.93. The number of anilines is 3. The van der Waals surface area contributed by atoms with Gasteiger partial charge in [0.05, 0.1) is 31.5 Å². The van der Waals surface area contributed by atoms with Crippen molar-refractivity contribution in [2.24, 2.45) is 11.7 Å². The average Bonchev–Trinajstić information content (AvgIpc) is 3.28. The first-order chi connectivity index (χ1) is 16.9. The number of nitrogens with one attached hydrogen (secondary N) is 1. The molecule has 12 heteroatoms. The van der Waals surface area contributed by atoms with Crippen LogP contribution in [0.5, 0.6) is 0 Å². The third-order valence-electron chi connectivity index (χ3n) is 6.32. The van der Waals surface area contributed by atoms with Crippen molar-refractivity contribution in [3.8, 4) is 10.6 Å². The van der Waals surface area contributed by atoms with Crippen LogP contribution < -0.4 is 21.7 Å². The highest BCUT2D eigenvalue weighted by Crippen LogP contribution is 2.35. The fraction of sp³-hybridized carbons (Fsp3) is 0.435. The summed E-state index contributed by atoms with van der Waals surface area (Å²) in [5.74, 6) is -0.948. The van der Waals surface area contributed by atoms with Gasteiger partial charge in [0.25, 0.3) is 5.91 Å². The zero-order valence-electron chi connectivity index (χ0n) is 19.0. The van der Waals surface area contributed by atoms with Crippen molar-refractivity contribution in [2.75, 3.05) is 42.3 Å². The fourth-order valence-electron chi connectivity index (χ4n) is 4.39. The Hall–Kier alpha value is -3.09. The molecule has 4 heterocycles. The Kier molecular flexibility index (Phi) is 6.67. The van der Waals surface area contributed by atoms with Gasteiger partial charge in [0.1, 0.15) is 27.3 Å².